The topological polar surface area (TPSA) is 61.0 Å². The van der Waals surface area contributed by atoms with Gasteiger partial charge < -0.3 is 15.2 Å². The predicted molar refractivity (Wildman–Crippen MR) is 137 cm³/mol. The molecule has 0 saturated heterocycles. The molecule has 1 heterocycles. The summed E-state index contributed by atoms with van der Waals surface area (Å²) in [5.74, 6) is -0.901. The van der Waals surface area contributed by atoms with Gasteiger partial charge in [0.05, 0.1) is 17.1 Å². The molecule has 0 aliphatic rings. The van der Waals surface area contributed by atoms with Gasteiger partial charge >= 0.3 is 6.03 Å². The maximum Gasteiger partial charge on any atom is 0.321 e. The van der Waals surface area contributed by atoms with Crippen LogP contribution < -0.4 is 5.32 Å². The minimum atomic E-state index is -0.804. The first-order valence-corrected chi connectivity index (χ1v) is 12.4. The van der Waals surface area contributed by atoms with Gasteiger partial charge in [-0.05, 0) is 18.6 Å². The second-order valence-electron chi connectivity index (χ2n) is 7.89. The Kier molecular flexibility index (Phi) is 8.15. The number of benzene rings is 3. The zero-order valence-electron chi connectivity index (χ0n) is 19.3. The van der Waals surface area contributed by atoms with Crippen molar-refractivity contribution in [1.29, 1.82) is 0 Å². The highest BCUT2D eigenvalue weighted by molar-refractivity contribution is 7.99. The van der Waals surface area contributed by atoms with Crippen LogP contribution in [0.2, 0.25) is 0 Å². The highest BCUT2D eigenvalue weighted by Gasteiger charge is 2.17. The molecule has 0 atom stereocenters. The van der Waals surface area contributed by atoms with E-state index in [-0.39, 0.29) is 5.69 Å². The largest absolute Gasteiger partial charge is 0.332 e. The van der Waals surface area contributed by atoms with Gasteiger partial charge in [-0.1, -0.05) is 79.3 Å². The smallest absolute Gasteiger partial charge is 0.321 e. The van der Waals surface area contributed by atoms with E-state index in [1.165, 1.54) is 17.8 Å². The van der Waals surface area contributed by atoms with Crippen molar-refractivity contribution in [2.75, 3.05) is 24.2 Å². The lowest BCUT2D eigenvalue weighted by molar-refractivity contribution is 0.215. The molecule has 180 valence electrons. The third-order valence-corrected chi connectivity index (χ3v) is 6.20. The number of carbonyl (C=O) groups is 1. The number of anilines is 1. The van der Waals surface area contributed by atoms with Crippen molar-refractivity contribution >= 4 is 23.5 Å². The summed E-state index contributed by atoms with van der Waals surface area (Å²) in [6, 6.07) is 22.7. The molecule has 0 unspecified atom stereocenters. The molecule has 0 radical (unpaired) electrons. The number of aromatic nitrogens is 2. The van der Waals surface area contributed by atoms with Crippen LogP contribution in [0.3, 0.4) is 0 Å². The fraction of sp³-hybridized carbons (Fsp3) is 0.185. The molecule has 5 nitrogen and oxygen atoms in total. The van der Waals surface area contributed by atoms with Crippen molar-refractivity contribution in [1.82, 2.24) is 14.9 Å². The molecule has 8 heteroatoms. The summed E-state index contributed by atoms with van der Waals surface area (Å²) in [5, 5.41) is 3.29. The van der Waals surface area contributed by atoms with Gasteiger partial charge in [0, 0.05) is 36.0 Å². The third kappa shape index (κ3) is 6.27. The van der Waals surface area contributed by atoms with E-state index in [9.17, 15) is 13.6 Å². The summed E-state index contributed by atoms with van der Waals surface area (Å²) in [6.45, 7) is 2.92. The van der Waals surface area contributed by atoms with Crippen LogP contribution in [-0.2, 0) is 0 Å². The lowest BCUT2D eigenvalue weighted by Crippen LogP contribution is -2.37. The summed E-state index contributed by atoms with van der Waals surface area (Å²) in [6.07, 6.45) is 0.751. The van der Waals surface area contributed by atoms with Crippen LogP contribution in [0.15, 0.2) is 84.0 Å². The van der Waals surface area contributed by atoms with Crippen molar-refractivity contribution in [3.05, 3.63) is 90.5 Å². The second-order valence-corrected chi connectivity index (χ2v) is 8.97. The Hall–Kier alpha value is -3.65. The fourth-order valence-corrected chi connectivity index (χ4v) is 4.50. The van der Waals surface area contributed by atoms with Crippen LogP contribution in [0.25, 0.3) is 22.5 Å². The summed E-state index contributed by atoms with van der Waals surface area (Å²) in [5.41, 5.74) is 3.82. The first kappa shape index (κ1) is 24.5. The summed E-state index contributed by atoms with van der Waals surface area (Å²) in [7, 11) is 0. The molecular formula is C27H26F2N4OS. The Morgan fingerprint density at radius 2 is 1.66 bits per heavy atom. The SMILES string of the molecule is CCCN(CCSc1nc(-c2ccccc2)c(-c2ccccc2)[nH]1)C(=O)Nc1ccc(F)cc1F. The Morgan fingerprint density at radius 3 is 2.31 bits per heavy atom. The second kappa shape index (κ2) is 11.7. The number of aromatic amines is 1. The maximum atomic E-state index is 14.0. The van der Waals surface area contributed by atoms with E-state index in [0.717, 1.165) is 46.2 Å². The van der Waals surface area contributed by atoms with Crippen LogP contribution in [0.4, 0.5) is 19.3 Å². The molecule has 0 fully saturated rings. The minimum Gasteiger partial charge on any atom is -0.332 e. The number of hydrogen-bond acceptors (Lipinski definition) is 3. The lowest BCUT2D eigenvalue weighted by atomic mass is 10.1. The monoisotopic (exact) mass is 492 g/mol. The van der Waals surface area contributed by atoms with E-state index in [1.807, 2.05) is 67.6 Å². The highest BCUT2D eigenvalue weighted by Crippen LogP contribution is 2.32. The molecule has 3 aromatic carbocycles. The number of hydrogen-bond donors (Lipinski definition) is 2. The quantitative estimate of drug-likeness (QED) is 0.246. The van der Waals surface area contributed by atoms with Gasteiger partial charge in [-0.3, -0.25) is 0 Å². The van der Waals surface area contributed by atoms with Crippen molar-refractivity contribution in [3.63, 3.8) is 0 Å². The van der Waals surface area contributed by atoms with Crippen LogP contribution in [-0.4, -0.2) is 39.7 Å². The molecule has 0 aliphatic heterocycles. The summed E-state index contributed by atoms with van der Waals surface area (Å²) >= 11 is 1.52. The normalized spacial score (nSPS) is 10.8. The number of rotatable bonds is 9. The molecule has 2 amide bonds. The zero-order chi connectivity index (χ0) is 24.6. The highest BCUT2D eigenvalue weighted by atomic mass is 32.2. The van der Waals surface area contributed by atoms with Gasteiger partial charge in [0.1, 0.15) is 11.6 Å². The first-order valence-electron chi connectivity index (χ1n) is 11.4. The average Bonchev–Trinajstić information content (AvgIpc) is 3.30. The van der Waals surface area contributed by atoms with Crippen molar-refractivity contribution in [2.24, 2.45) is 0 Å². The maximum absolute atomic E-state index is 14.0. The number of nitrogens with one attached hydrogen (secondary N) is 2. The molecule has 35 heavy (non-hydrogen) atoms. The summed E-state index contributed by atoms with van der Waals surface area (Å²) < 4.78 is 27.1. The van der Waals surface area contributed by atoms with Gasteiger partial charge in [-0.25, -0.2) is 18.6 Å². The van der Waals surface area contributed by atoms with Gasteiger partial charge in [-0.2, -0.15) is 0 Å². The number of imidazole rings is 1. The fourth-order valence-electron chi connectivity index (χ4n) is 3.66. The number of H-pyrrole nitrogens is 1. The predicted octanol–water partition coefficient (Wildman–Crippen LogP) is 7.06. The molecule has 0 bridgehead atoms. The van der Waals surface area contributed by atoms with Gasteiger partial charge in [-0.15, -0.1) is 0 Å². The Morgan fingerprint density at radius 1 is 0.971 bits per heavy atom. The molecule has 1 aromatic heterocycles. The summed E-state index contributed by atoms with van der Waals surface area (Å²) in [4.78, 5) is 22.6. The standard InChI is InChI=1S/C27H26F2N4OS/c1-2-15-33(27(34)30-23-14-13-21(28)18-22(23)29)16-17-35-26-31-24(19-9-5-3-6-10-19)25(32-26)20-11-7-4-8-12-20/h3-14,18H,2,15-17H2,1H3,(H,30,34)(H,31,32). The number of thioether (sulfide) groups is 1. The molecule has 4 aromatic rings. The molecule has 0 spiro atoms. The number of carbonyl (C=O) groups excluding carboxylic acids is 1. The van der Waals surface area contributed by atoms with E-state index >= 15 is 0 Å². The molecule has 0 saturated carbocycles. The Bertz CT molecular complexity index is 1210. The van der Waals surface area contributed by atoms with E-state index in [2.05, 4.69) is 10.3 Å². The third-order valence-electron chi connectivity index (χ3n) is 5.35. The van der Waals surface area contributed by atoms with Crippen LogP contribution >= 0.6 is 11.8 Å². The number of nitrogens with zero attached hydrogens (tertiary/aromatic N) is 2. The minimum absolute atomic E-state index is 0.0452. The van der Waals surface area contributed by atoms with Crippen molar-refractivity contribution in [3.8, 4) is 22.5 Å². The van der Waals surface area contributed by atoms with E-state index in [0.29, 0.717) is 18.8 Å². The number of urea groups is 1. The number of halogens is 2. The van der Waals surface area contributed by atoms with E-state index < -0.39 is 17.7 Å². The van der Waals surface area contributed by atoms with Crippen LogP contribution in [0.1, 0.15) is 13.3 Å². The van der Waals surface area contributed by atoms with Crippen LogP contribution in [0.5, 0.6) is 0 Å². The lowest BCUT2D eigenvalue weighted by Gasteiger charge is -2.22. The van der Waals surface area contributed by atoms with Crippen LogP contribution in [0, 0.1) is 11.6 Å². The van der Waals surface area contributed by atoms with Crippen molar-refractivity contribution < 1.29 is 13.6 Å². The molecule has 2 N–H and O–H groups in total. The van der Waals surface area contributed by atoms with Gasteiger partial charge in [0.25, 0.3) is 0 Å². The molecular weight excluding hydrogens is 466 g/mol. The zero-order valence-corrected chi connectivity index (χ0v) is 20.1. The van der Waals surface area contributed by atoms with E-state index in [1.54, 1.807) is 4.90 Å². The van der Waals surface area contributed by atoms with E-state index in [4.69, 9.17) is 4.98 Å². The van der Waals surface area contributed by atoms with Gasteiger partial charge in [0.15, 0.2) is 5.16 Å². The molecule has 0 aliphatic carbocycles. The molecule has 4 rings (SSSR count). The van der Waals surface area contributed by atoms with Gasteiger partial charge in [0.2, 0.25) is 0 Å². The number of amides is 2. The first-order chi connectivity index (χ1) is 17.0. The average molecular weight is 493 g/mol. The Balaban J connectivity index is 1.46. The Labute approximate surface area is 207 Å². The van der Waals surface area contributed by atoms with Crippen molar-refractivity contribution in [2.45, 2.75) is 18.5 Å².